The van der Waals surface area contributed by atoms with Gasteiger partial charge in [0.15, 0.2) is 0 Å². The maximum Gasteiger partial charge on any atom is 0.249 e. The van der Waals surface area contributed by atoms with Crippen LogP contribution in [0.1, 0.15) is 29.9 Å². The van der Waals surface area contributed by atoms with E-state index in [-0.39, 0.29) is 18.8 Å². The second-order valence-electron chi connectivity index (χ2n) is 3.69. The minimum Gasteiger partial charge on any atom is -0.207 e. The zero-order chi connectivity index (χ0) is 10.2. The molecule has 1 aliphatic rings. The van der Waals surface area contributed by atoms with Gasteiger partial charge in [-0.2, -0.15) is 5.26 Å². The number of benzene rings is 1. The second-order valence-corrected chi connectivity index (χ2v) is 3.69. The Hall–Kier alpha value is -1.43. The third-order valence-corrected chi connectivity index (χ3v) is 2.60. The molecule has 72 valence electrons. The van der Waals surface area contributed by atoms with Crippen molar-refractivity contribution < 1.29 is 8.78 Å². The fourth-order valence-corrected chi connectivity index (χ4v) is 1.73. The summed E-state index contributed by atoms with van der Waals surface area (Å²) < 4.78 is 25.1. The fraction of sp³-hybridized carbons (Fsp3) is 0.364. The SMILES string of the molecule is N#Cc1ccc(C2CC(F)(F)C2)cc1. The first-order valence-corrected chi connectivity index (χ1v) is 4.49. The van der Waals surface area contributed by atoms with Crippen LogP contribution in [0, 0.1) is 11.3 Å². The molecular formula is C11H9F2N. The van der Waals surface area contributed by atoms with Crippen LogP contribution in [0.15, 0.2) is 24.3 Å². The van der Waals surface area contributed by atoms with Crippen molar-refractivity contribution in [1.82, 2.24) is 0 Å². The molecule has 1 aromatic rings. The molecular weight excluding hydrogens is 184 g/mol. The lowest BCUT2D eigenvalue weighted by Crippen LogP contribution is -2.33. The zero-order valence-electron chi connectivity index (χ0n) is 7.50. The molecule has 1 aliphatic carbocycles. The largest absolute Gasteiger partial charge is 0.249 e. The number of alkyl halides is 2. The number of rotatable bonds is 1. The van der Waals surface area contributed by atoms with Crippen molar-refractivity contribution in [2.45, 2.75) is 24.7 Å². The van der Waals surface area contributed by atoms with Gasteiger partial charge in [0.1, 0.15) is 0 Å². The Balaban J connectivity index is 2.09. The molecule has 1 saturated carbocycles. The highest BCUT2D eigenvalue weighted by molar-refractivity contribution is 5.34. The van der Waals surface area contributed by atoms with Crippen LogP contribution in [0.3, 0.4) is 0 Å². The number of hydrogen-bond acceptors (Lipinski definition) is 1. The van der Waals surface area contributed by atoms with Crippen molar-refractivity contribution in [3.8, 4) is 6.07 Å². The summed E-state index contributed by atoms with van der Waals surface area (Å²) in [4.78, 5) is 0. The van der Waals surface area contributed by atoms with Crippen LogP contribution in [-0.2, 0) is 0 Å². The summed E-state index contributed by atoms with van der Waals surface area (Å²) in [7, 11) is 0. The summed E-state index contributed by atoms with van der Waals surface area (Å²) in [6, 6.07) is 8.87. The molecule has 0 heterocycles. The molecule has 3 heteroatoms. The molecule has 0 N–H and O–H groups in total. The third-order valence-electron chi connectivity index (χ3n) is 2.60. The Morgan fingerprint density at radius 2 is 1.79 bits per heavy atom. The molecule has 0 radical (unpaired) electrons. The van der Waals surface area contributed by atoms with Gasteiger partial charge in [0.05, 0.1) is 11.6 Å². The van der Waals surface area contributed by atoms with Crippen LogP contribution in [0.25, 0.3) is 0 Å². The summed E-state index contributed by atoms with van der Waals surface area (Å²) in [5.41, 5.74) is 1.48. The third kappa shape index (κ3) is 1.60. The zero-order valence-corrected chi connectivity index (χ0v) is 7.50. The summed E-state index contributed by atoms with van der Waals surface area (Å²) in [6.45, 7) is 0. The summed E-state index contributed by atoms with van der Waals surface area (Å²) in [5, 5.41) is 8.55. The van der Waals surface area contributed by atoms with E-state index in [1.165, 1.54) is 0 Å². The molecule has 0 bridgehead atoms. The van der Waals surface area contributed by atoms with Crippen LogP contribution in [0.2, 0.25) is 0 Å². The van der Waals surface area contributed by atoms with E-state index in [9.17, 15) is 8.78 Å². The summed E-state index contributed by atoms with van der Waals surface area (Å²) >= 11 is 0. The molecule has 0 aromatic heterocycles. The van der Waals surface area contributed by atoms with Gasteiger partial charge in [0.2, 0.25) is 5.92 Å². The molecule has 2 rings (SSSR count). The second kappa shape index (κ2) is 3.06. The monoisotopic (exact) mass is 193 g/mol. The lowest BCUT2D eigenvalue weighted by Gasteiger charge is -2.35. The van der Waals surface area contributed by atoms with Gasteiger partial charge in [-0.15, -0.1) is 0 Å². The predicted octanol–water partition coefficient (Wildman–Crippen LogP) is 3.07. The average Bonchev–Trinajstić information content (AvgIpc) is 2.14. The number of nitriles is 1. The van der Waals surface area contributed by atoms with Crippen molar-refractivity contribution in [3.05, 3.63) is 35.4 Å². The van der Waals surface area contributed by atoms with Gasteiger partial charge in [0.25, 0.3) is 0 Å². The van der Waals surface area contributed by atoms with E-state index in [2.05, 4.69) is 0 Å². The van der Waals surface area contributed by atoms with Crippen LogP contribution in [0.4, 0.5) is 8.78 Å². The van der Waals surface area contributed by atoms with Crippen molar-refractivity contribution in [3.63, 3.8) is 0 Å². The van der Waals surface area contributed by atoms with E-state index in [1.54, 1.807) is 24.3 Å². The van der Waals surface area contributed by atoms with Gasteiger partial charge in [-0.3, -0.25) is 0 Å². The average molecular weight is 193 g/mol. The Morgan fingerprint density at radius 1 is 1.21 bits per heavy atom. The molecule has 0 spiro atoms. The molecule has 1 fully saturated rings. The van der Waals surface area contributed by atoms with E-state index in [0.29, 0.717) is 5.56 Å². The van der Waals surface area contributed by atoms with Crippen molar-refractivity contribution in [2.24, 2.45) is 0 Å². The quantitative estimate of drug-likeness (QED) is 0.672. The summed E-state index contributed by atoms with van der Waals surface area (Å²) in [5.74, 6) is -2.50. The molecule has 0 saturated heterocycles. The Kier molecular flexibility index (Phi) is 1.99. The first-order chi connectivity index (χ1) is 6.61. The number of nitrogens with zero attached hydrogens (tertiary/aromatic N) is 1. The molecule has 0 aliphatic heterocycles. The molecule has 0 atom stereocenters. The van der Waals surface area contributed by atoms with Crippen molar-refractivity contribution >= 4 is 0 Å². The minimum atomic E-state index is -2.47. The van der Waals surface area contributed by atoms with E-state index in [1.807, 2.05) is 6.07 Å². The number of halogens is 2. The molecule has 0 unspecified atom stereocenters. The van der Waals surface area contributed by atoms with Gasteiger partial charge in [-0.1, -0.05) is 12.1 Å². The van der Waals surface area contributed by atoms with Crippen LogP contribution >= 0.6 is 0 Å². The number of hydrogen-bond donors (Lipinski definition) is 0. The summed E-state index contributed by atoms with van der Waals surface area (Å²) in [6.07, 6.45) is -0.113. The molecule has 1 nitrogen and oxygen atoms in total. The van der Waals surface area contributed by atoms with Gasteiger partial charge < -0.3 is 0 Å². The highest BCUT2D eigenvalue weighted by Gasteiger charge is 2.45. The van der Waals surface area contributed by atoms with Gasteiger partial charge in [0, 0.05) is 12.8 Å². The standard InChI is InChI=1S/C11H9F2N/c12-11(13)5-10(6-11)9-3-1-8(7-14)2-4-9/h1-4,10H,5-6H2. The van der Waals surface area contributed by atoms with E-state index in [4.69, 9.17) is 5.26 Å². The Morgan fingerprint density at radius 3 is 2.21 bits per heavy atom. The molecule has 14 heavy (non-hydrogen) atoms. The normalized spacial score (nSPS) is 19.8. The topological polar surface area (TPSA) is 23.8 Å². The first kappa shape index (κ1) is 9.14. The maximum absolute atomic E-state index is 12.6. The lowest BCUT2D eigenvalue weighted by atomic mass is 9.77. The smallest absolute Gasteiger partial charge is 0.207 e. The maximum atomic E-state index is 12.6. The van der Waals surface area contributed by atoms with E-state index in [0.717, 1.165) is 5.56 Å². The van der Waals surface area contributed by atoms with Crippen LogP contribution in [-0.4, -0.2) is 5.92 Å². The molecule has 1 aromatic carbocycles. The van der Waals surface area contributed by atoms with Crippen molar-refractivity contribution in [1.29, 1.82) is 5.26 Å². The molecule has 0 amide bonds. The van der Waals surface area contributed by atoms with Gasteiger partial charge >= 0.3 is 0 Å². The Bertz CT molecular complexity index is 367. The van der Waals surface area contributed by atoms with Crippen LogP contribution in [0.5, 0.6) is 0 Å². The predicted molar refractivity (Wildman–Crippen MR) is 48.1 cm³/mol. The lowest BCUT2D eigenvalue weighted by molar-refractivity contribution is -0.0867. The van der Waals surface area contributed by atoms with Crippen LogP contribution < -0.4 is 0 Å². The fourth-order valence-electron chi connectivity index (χ4n) is 1.73. The Labute approximate surface area is 81.0 Å². The highest BCUT2D eigenvalue weighted by atomic mass is 19.3. The van der Waals surface area contributed by atoms with Gasteiger partial charge in [-0.05, 0) is 23.6 Å². The van der Waals surface area contributed by atoms with Gasteiger partial charge in [-0.25, -0.2) is 8.78 Å². The van der Waals surface area contributed by atoms with E-state index >= 15 is 0 Å². The van der Waals surface area contributed by atoms with Crippen molar-refractivity contribution in [2.75, 3.05) is 0 Å². The minimum absolute atomic E-state index is 0.0299. The van der Waals surface area contributed by atoms with E-state index < -0.39 is 5.92 Å². The first-order valence-electron chi connectivity index (χ1n) is 4.49. The highest BCUT2D eigenvalue weighted by Crippen LogP contribution is 2.48.